The van der Waals surface area contributed by atoms with E-state index in [1.165, 1.54) is 31.2 Å². The Kier molecular flexibility index (Phi) is 21.9. The summed E-state index contributed by atoms with van der Waals surface area (Å²) in [6.45, 7) is 20.2. The fourth-order valence-corrected chi connectivity index (χ4v) is 9.40. The van der Waals surface area contributed by atoms with E-state index in [-0.39, 0.29) is 37.6 Å². The Morgan fingerprint density at radius 2 is 0.972 bits per heavy atom. The van der Waals surface area contributed by atoms with Crippen molar-refractivity contribution >= 4 is 30.9 Å². The fraction of sp³-hybridized carbons (Fsp3) is 0.526. The number of ether oxygens (including phenoxy) is 6. The fourth-order valence-electron chi connectivity index (χ4n) is 9.40. The molecule has 71 heavy (non-hydrogen) atoms. The number of hydrogen-bond donors (Lipinski definition) is 1. The van der Waals surface area contributed by atoms with Crippen molar-refractivity contribution in [3.63, 3.8) is 0 Å². The summed E-state index contributed by atoms with van der Waals surface area (Å²) in [5.41, 5.74) is 1.86. The Labute approximate surface area is 430 Å². The summed E-state index contributed by atoms with van der Waals surface area (Å²) in [6, 6.07) is 30.4. The summed E-state index contributed by atoms with van der Waals surface area (Å²) in [5.74, 6) is 4.16. The molecule has 4 aromatic rings. The summed E-state index contributed by atoms with van der Waals surface area (Å²) >= 11 is 0. The van der Waals surface area contributed by atoms with Gasteiger partial charge >= 0.3 is 12.2 Å². The molecule has 4 saturated heterocycles. The number of benzene rings is 4. The number of piperidine rings is 4. The summed E-state index contributed by atoms with van der Waals surface area (Å²) in [4.78, 5) is 41.3. The van der Waals surface area contributed by atoms with Crippen LogP contribution in [0.4, 0.5) is 9.59 Å². The van der Waals surface area contributed by atoms with Crippen LogP contribution in [0.5, 0.6) is 34.5 Å². The minimum absolute atomic E-state index is 0. The van der Waals surface area contributed by atoms with Crippen LogP contribution in [-0.4, -0.2) is 111 Å². The van der Waals surface area contributed by atoms with Crippen molar-refractivity contribution in [3.8, 4) is 34.5 Å². The maximum Gasteiger partial charge on any atom is 0.410 e. The molecule has 13 nitrogen and oxygen atoms in total. The number of nitrogens with one attached hydrogen (secondary N) is 1. The normalized spacial score (nSPS) is 17.3. The van der Waals surface area contributed by atoms with E-state index in [1.807, 2.05) is 106 Å². The number of aldehydes is 1. The van der Waals surface area contributed by atoms with Crippen molar-refractivity contribution in [3.05, 3.63) is 108 Å². The minimum atomic E-state index is -0.437. The summed E-state index contributed by atoms with van der Waals surface area (Å²) in [7, 11) is 3.24. The molecule has 0 saturated carbocycles. The molecule has 0 atom stereocenters. The molecule has 390 valence electrons. The molecule has 8 rings (SSSR count). The molecule has 0 unspecified atom stereocenters. The standard InChI is InChI=1S/C28H38N2O4.C14H26N2O2.C14H12O3.CH4.ClH/c1-27(2,3)34-26(31)30-18-14-28(15-19-30)12-16-29(17-13-28)21-22-8-7-9-23(20-22)33-25-11-6-5-10-24(25)32-4;1-13(2,3)18-12(17)16-10-6-14(7-11-16)4-8-15-9-5-14;1-16-13-7-2-3-8-14(13)17-12-6-4-5-11(9-12)10-15;;/h5-11,20H,12-19,21H2,1-4H3;15H,4-11H2,1-3H3;2-10H,1H3;1H4;1H. The number of likely N-dealkylation sites (tertiary alicyclic amines) is 3. The highest BCUT2D eigenvalue weighted by Gasteiger charge is 2.40. The van der Waals surface area contributed by atoms with Gasteiger partial charge in [-0.15, -0.1) is 12.4 Å². The van der Waals surface area contributed by atoms with Gasteiger partial charge in [0.25, 0.3) is 0 Å². The molecule has 2 amide bonds. The average Bonchev–Trinajstić information content (AvgIpc) is 3.33. The first-order chi connectivity index (χ1) is 33.0. The van der Waals surface area contributed by atoms with E-state index in [2.05, 4.69) is 28.4 Å². The molecule has 0 aliphatic carbocycles. The lowest BCUT2D eigenvalue weighted by Gasteiger charge is -2.46. The zero-order chi connectivity index (χ0) is 49.5. The number of carbonyl (C=O) groups excluding carboxylic acids is 3. The van der Waals surface area contributed by atoms with Gasteiger partial charge in [-0.2, -0.15) is 0 Å². The van der Waals surface area contributed by atoms with Crippen molar-refractivity contribution in [1.82, 2.24) is 20.0 Å². The van der Waals surface area contributed by atoms with Gasteiger partial charge in [0.15, 0.2) is 23.0 Å². The Balaban J connectivity index is 0.000000250. The average molecular weight is 1000 g/mol. The lowest BCUT2D eigenvalue weighted by molar-refractivity contribution is -0.00323. The second-order valence-electron chi connectivity index (χ2n) is 20.8. The van der Waals surface area contributed by atoms with Crippen molar-refractivity contribution in [2.75, 3.05) is 66.6 Å². The van der Waals surface area contributed by atoms with Gasteiger partial charge in [0.2, 0.25) is 0 Å². The predicted octanol–water partition coefficient (Wildman–Crippen LogP) is 12.8. The predicted molar refractivity (Wildman–Crippen MR) is 284 cm³/mol. The van der Waals surface area contributed by atoms with E-state index < -0.39 is 5.60 Å². The second-order valence-corrected chi connectivity index (χ2v) is 20.8. The SMILES string of the molecule is C.CC(C)(C)OC(=O)N1CCC2(CCNCC2)CC1.COc1ccccc1Oc1cccc(C=O)c1.COc1ccccc1Oc1cccc(CN2CCC3(CC2)CCN(C(=O)OC(C)(C)C)CC3)c1.Cl. The van der Waals surface area contributed by atoms with E-state index in [9.17, 15) is 14.4 Å². The van der Waals surface area contributed by atoms with Crippen LogP contribution in [0.3, 0.4) is 0 Å². The van der Waals surface area contributed by atoms with E-state index in [0.717, 1.165) is 108 Å². The van der Waals surface area contributed by atoms with Crippen molar-refractivity contribution < 1.29 is 42.8 Å². The van der Waals surface area contributed by atoms with Gasteiger partial charge < -0.3 is 43.5 Å². The third-order valence-corrected chi connectivity index (χ3v) is 13.4. The maximum atomic E-state index is 12.4. The smallest absolute Gasteiger partial charge is 0.410 e. The maximum absolute atomic E-state index is 12.4. The summed E-state index contributed by atoms with van der Waals surface area (Å²) in [5, 5.41) is 3.42. The van der Waals surface area contributed by atoms with Crippen LogP contribution in [0.2, 0.25) is 0 Å². The summed E-state index contributed by atoms with van der Waals surface area (Å²) < 4.78 is 33.3. The van der Waals surface area contributed by atoms with Crippen LogP contribution < -0.4 is 24.3 Å². The zero-order valence-corrected chi connectivity index (χ0v) is 43.6. The largest absolute Gasteiger partial charge is 0.493 e. The molecule has 4 aromatic carbocycles. The van der Waals surface area contributed by atoms with Crippen LogP contribution in [0, 0.1) is 10.8 Å². The molecule has 14 heteroatoms. The molecule has 0 bridgehead atoms. The van der Waals surface area contributed by atoms with Gasteiger partial charge in [0, 0.05) is 38.3 Å². The highest BCUT2D eigenvalue weighted by molar-refractivity contribution is 5.85. The summed E-state index contributed by atoms with van der Waals surface area (Å²) in [6.07, 6.45) is 9.77. The van der Waals surface area contributed by atoms with E-state index in [0.29, 0.717) is 33.6 Å². The van der Waals surface area contributed by atoms with Crippen molar-refractivity contribution in [2.45, 2.75) is 118 Å². The number of nitrogens with zero attached hydrogens (tertiary/aromatic N) is 3. The zero-order valence-electron chi connectivity index (χ0n) is 42.8. The number of halogens is 1. The highest BCUT2D eigenvalue weighted by Crippen LogP contribution is 2.43. The third-order valence-electron chi connectivity index (χ3n) is 13.4. The van der Waals surface area contributed by atoms with Crippen LogP contribution in [0.25, 0.3) is 0 Å². The van der Waals surface area contributed by atoms with Gasteiger partial charge in [-0.05, 0) is 184 Å². The molecule has 0 radical (unpaired) electrons. The van der Waals surface area contributed by atoms with Crippen LogP contribution >= 0.6 is 12.4 Å². The molecule has 1 N–H and O–H groups in total. The minimum Gasteiger partial charge on any atom is -0.493 e. The first-order valence-electron chi connectivity index (χ1n) is 24.6. The number of hydrogen-bond acceptors (Lipinski definition) is 11. The van der Waals surface area contributed by atoms with Crippen LogP contribution in [-0.2, 0) is 16.0 Å². The molecule has 4 aliphatic rings. The molecular weight excluding hydrogens is 920 g/mol. The number of amides is 2. The topological polar surface area (TPSA) is 128 Å². The lowest BCUT2D eigenvalue weighted by atomic mass is 9.71. The number of rotatable bonds is 9. The third kappa shape index (κ3) is 17.9. The second kappa shape index (κ2) is 26.8. The molecule has 4 heterocycles. The van der Waals surface area contributed by atoms with E-state index in [4.69, 9.17) is 28.4 Å². The number of methoxy groups -OCH3 is 2. The molecule has 4 fully saturated rings. The number of para-hydroxylation sites is 4. The molecular formula is C57H81ClN4O9. The van der Waals surface area contributed by atoms with Gasteiger partial charge in [0.05, 0.1) is 14.2 Å². The Hall–Kier alpha value is -5.50. The van der Waals surface area contributed by atoms with Gasteiger partial charge in [-0.25, -0.2) is 9.59 Å². The Morgan fingerprint density at radius 1 is 0.563 bits per heavy atom. The van der Waals surface area contributed by atoms with Crippen LogP contribution in [0.1, 0.15) is 116 Å². The number of carbonyl (C=O) groups is 3. The van der Waals surface area contributed by atoms with Crippen molar-refractivity contribution in [2.24, 2.45) is 10.8 Å². The molecule has 2 spiro atoms. The monoisotopic (exact) mass is 1000 g/mol. The van der Waals surface area contributed by atoms with Gasteiger partial charge in [-0.3, -0.25) is 9.69 Å². The quantitative estimate of drug-likeness (QED) is 0.161. The van der Waals surface area contributed by atoms with Gasteiger partial charge in [-0.1, -0.05) is 56.0 Å². The van der Waals surface area contributed by atoms with Crippen LogP contribution in [0.15, 0.2) is 97.1 Å². The molecule has 4 aliphatic heterocycles. The van der Waals surface area contributed by atoms with E-state index in [1.54, 1.807) is 38.5 Å². The highest BCUT2D eigenvalue weighted by atomic mass is 35.5. The molecule has 0 aromatic heterocycles. The first kappa shape index (κ1) is 58.1. The first-order valence-corrected chi connectivity index (χ1v) is 24.6. The Morgan fingerprint density at radius 3 is 1.41 bits per heavy atom. The lowest BCUT2D eigenvalue weighted by Crippen LogP contribution is -2.49. The Bertz CT molecular complexity index is 2260. The van der Waals surface area contributed by atoms with E-state index >= 15 is 0 Å². The van der Waals surface area contributed by atoms with Gasteiger partial charge in [0.1, 0.15) is 29.0 Å². The van der Waals surface area contributed by atoms with Crippen molar-refractivity contribution in [1.29, 1.82) is 0 Å².